The van der Waals surface area contributed by atoms with Crippen molar-refractivity contribution in [3.8, 4) is 0 Å². The van der Waals surface area contributed by atoms with E-state index in [1.54, 1.807) is 6.07 Å². The number of aromatic nitrogens is 1. The first-order valence-electron chi connectivity index (χ1n) is 9.61. The predicted molar refractivity (Wildman–Crippen MR) is 121 cm³/mol. The van der Waals surface area contributed by atoms with E-state index in [0.29, 0.717) is 5.69 Å². The van der Waals surface area contributed by atoms with Gasteiger partial charge in [0.2, 0.25) is 0 Å². The fourth-order valence-electron chi connectivity index (χ4n) is 3.69. The van der Waals surface area contributed by atoms with Crippen molar-refractivity contribution in [3.63, 3.8) is 0 Å². The van der Waals surface area contributed by atoms with Crippen LogP contribution >= 0.6 is 0 Å². The first-order valence-corrected chi connectivity index (χ1v) is 11.3. The van der Waals surface area contributed by atoms with Crippen LogP contribution in [0.25, 0.3) is 10.9 Å². The van der Waals surface area contributed by atoms with Crippen LogP contribution in [0.15, 0.2) is 84.0 Å². The number of hydrogen-bond donors (Lipinski definition) is 1. The molecule has 0 unspecified atom stereocenters. The average molecular weight is 461 g/mol. The summed E-state index contributed by atoms with van der Waals surface area (Å²) in [5.74, 6) is 0. The predicted octanol–water partition coefficient (Wildman–Crippen LogP) is 4.16. The number of nitro groups is 1. The number of para-hydroxylation sites is 2. The summed E-state index contributed by atoms with van der Waals surface area (Å²) in [5.41, 5.74) is 4.23. The zero-order valence-corrected chi connectivity index (χ0v) is 17.7. The van der Waals surface area contributed by atoms with E-state index in [9.17, 15) is 10.1 Å². The molecule has 0 saturated heterocycles. The van der Waals surface area contributed by atoms with E-state index in [1.165, 1.54) is 33.2 Å². The van der Waals surface area contributed by atoms with Gasteiger partial charge >= 0.3 is 180 Å². The molecule has 1 aromatic heterocycles. The molecular formula is C23H18N4O2Se. The second-order valence-electron chi connectivity index (χ2n) is 7.00. The van der Waals surface area contributed by atoms with Gasteiger partial charge in [-0.2, -0.15) is 0 Å². The summed E-state index contributed by atoms with van der Waals surface area (Å²) in [7, 11) is 0. The molecule has 0 radical (unpaired) electrons. The Morgan fingerprint density at radius 3 is 2.80 bits per heavy atom. The first kappa shape index (κ1) is 18.6. The second-order valence-corrected chi connectivity index (χ2v) is 9.12. The van der Waals surface area contributed by atoms with Gasteiger partial charge in [-0.1, -0.05) is 0 Å². The Balaban J connectivity index is 1.59. The van der Waals surface area contributed by atoms with E-state index in [-0.39, 0.29) is 25.6 Å². The molecule has 0 atom stereocenters. The minimum absolute atomic E-state index is 0.0528. The van der Waals surface area contributed by atoms with E-state index in [0.717, 1.165) is 23.2 Å². The number of H-pyrrole nitrogens is 1. The second kappa shape index (κ2) is 7.78. The van der Waals surface area contributed by atoms with Crippen molar-refractivity contribution in [2.75, 3.05) is 11.4 Å². The Morgan fingerprint density at radius 1 is 1.07 bits per heavy atom. The molecule has 6 nitrogen and oxygen atoms in total. The molecule has 0 saturated carbocycles. The Kier molecular flexibility index (Phi) is 4.83. The fourth-order valence-corrected chi connectivity index (χ4v) is 5.90. The van der Waals surface area contributed by atoms with Crippen LogP contribution < -0.4 is 9.36 Å². The number of non-ortho nitro benzene ring substituents is 1. The van der Waals surface area contributed by atoms with Gasteiger partial charge in [0.1, 0.15) is 0 Å². The molecule has 0 bridgehead atoms. The van der Waals surface area contributed by atoms with Gasteiger partial charge in [-0.25, -0.2) is 0 Å². The number of nitrogens with one attached hydrogen (secondary N) is 1. The molecule has 0 aliphatic carbocycles. The summed E-state index contributed by atoms with van der Waals surface area (Å²) >= 11 is -0.0817. The third-order valence-electron chi connectivity index (χ3n) is 5.14. The number of nitro benzene ring substituents is 1. The number of anilines is 1. The molecule has 2 heterocycles. The first-order chi connectivity index (χ1) is 14.7. The Hall–Kier alpha value is -3.41. The van der Waals surface area contributed by atoms with Gasteiger partial charge in [0.15, 0.2) is 0 Å². The molecule has 148 valence electrons. The van der Waals surface area contributed by atoms with Crippen molar-refractivity contribution in [2.24, 2.45) is 4.99 Å². The van der Waals surface area contributed by atoms with Crippen LogP contribution in [0, 0.1) is 10.1 Å². The standard InChI is InChI=1S/C23H18N4O2Se/c28-27(29)18-8-5-7-17(14-18)25-23(26-13-12-16-6-1-4-11-21(16)26)30-22-15-24-20-10-3-2-9-19(20)22/h1-11,14-15,24H,12-13H2. The van der Waals surface area contributed by atoms with Crippen LogP contribution in [0.1, 0.15) is 5.56 Å². The van der Waals surface area contributed by atoms with Crippen molar-refractivity contribution < 1.29 is 4.92 Å². The number of rotatable bonds is 4. The van der Waals surface area contributed by atoms with E-state index >= 15 is 0 Å². The Morgan fingerprint density at radius 2 is 1.90 bits per heavy atom. The molecule has 1 N–H and O–H groups in total. The third-order valence-corrected chi connectivity index (χ3v) is 7.34. The van der Waals surface area contributed by atoms with E-state index in [2.05, 4.69) is 46.4 Å². The number of benzene rings is 3. The van der Waals surface area contributed by atoms with Gasteiger partial charge < -0.3 is 0 Å². The Labute approximate surface area is 179 Å². The minimum atomic E-state index is -0.380. The van der Waals surface area contributed by atoms with Crippen LogP contribution in [0.2, 0.25) is 0 Å². The van der Waals surface area contributed by atoms with Crippen LogP contribution in [0.4, 0.5) is 17.1 Å². The molecule has 1 aliphatic rings. The SMILES string of the molecule is O=[N+]([O-])c1cccc(N=C([Se]c2c[nH]c3ccccc23)N2CCc3ccccc32)c1. The zero-order chi connectivity index (χ0) is 20.5. The van der Waals surface area contributed by atoms with Crippen LogP contribution in [0.5, 0.6) is 0 Å². The van der Waals surface area contributed by atoms with E-state index in [4.69, 9.17) is 4.99 Å². The monoisotopic (exact) mass is 462 g/mol. The van der Waals surface area contributed by atoms with Crippen molar-refractivity contribution in [1.82, 2.24) is 4.98 Å². The third kappa shape index (κ3) is 3.49. The summed E-state index contributed by atoms with van der Waals surface area (Å²) in [6, 6.07) is 23.2. The molecule has 30 heavy (non-hydrogen) atoms. The van der Waals surface area contributed by atoms with Gasteiger partial charge in [-0.05, 0) is 0 Å². The van der Waals surface area contributed by atoms with Crippen LogP contribution in [-0.4, -0.2) is 36.1 Å². The topological polar surface area (TPSA) is 74.5 Å². The number of aliphatic imine (C=N–C) groups is 1. The summed E-state index contributed by atoms with van der Waals surface area (Å²) in [4.78, 5) is 21.3. The summed E-state index contributed by atoms with van der Waals surface area (Å²) in [5, 5.41) is 12.4. The number of hydrogen-bond acceptors (Lipinski definition) is 3. The van der Waals surface area contributed by atoms with E-state index < -0.39 is 0 Å². The molecule has 7 heteroatoms. The fraction of sp³-hybridized carbons (Fsp3) is 0.0870. The van der Waals surface area contributed by atoms with Crippen LogP contribution in [0.3, 0.4) is 0 Å². The average Bonchev–Trinajstić information content (AvgIpc) is 3.38. The maximum atomic E-state index is 11.2. The molecule has 5 rings (SSSR count). The number of fused-ring (bicyclic) bond motifs is 2. The molecule has 3 aromatic carbocycles. The summed E-state index contributed by atoms with van der Waals surface area (Å²) < 4.78 is 2.16. The van der Waals surface area contributed by atoms with Crippen molar-refractivity contribution in [1.29, 1.82) is 0 Å². The summed E-state index contributed by atoms with van der Waals surface area (Å²) in [6.45, 7) is 0.858. The zero-order valence-electron chi connectivity index (χ0n) is 16.0. The molecule has 0 spiro atoms. The molecule has 0 amide bonds. The molecule has 0 fully saturated rings. The number of aromatic amines is 1. The summed E-state index contributed by atoms with van der Waals surface area (Å²) in [6.07, 6.45) is 3.02. The van der Waals surface area contributed by atoms with Gasteiger partial charge in [0, 0.05) is 0 Å². The normalized spacial score (nSPS) is 13.6. The van der Waals surface area contributed by atoms with Crippen molar-refractivity contribution >= 4 is 52.1 Å². The van der Waals surface area contributed by atoms with Gasteiger partial charge in [0.05, 0.1) is 0 Å². The van der Waals surface area contributed by atoms with Gasteiger partial charge in [-0.3, -0.25) is 0 Å². The Bertz CT molecular complexity index is 1280. The van der Waals surface area contributed by atoms with Crippen LogP contribution in [-0.2, 0) is 6.42 Å². The maximum absolute atomic E-state index is 11.2. The van der Waals surface area contributed by atoms with Crippen molar-refractivity contribution in [2.45, 2.75) is 6.42 Å². The van der Waals surface area contributed by atoms with Gasteiger partial charge in [0.25, 0.3) is 0 Å². The number of amidine groups is 1. The molecule has 4 aromatic rings. The van der Waals surface area contributed by atoms with Gasteiger partial charge in [-0.15, -0.1) is 0 Å². The molecule has 1 aliphatic heterocycles. The number of nitrogens with zero attached hydrogens (tertiary/aromatic N) is 3. The van der Waals surface area contributed by atoms with E-state index in [1.807, 2.05) is 24.3 Å². The molecular weight excluding hydrogens is 443 g/mol. The van der Waals surface area contributed by atoms with Crippen molar-refractivity contribution in [3.05, 3.63) is 94.7 Å². The quantitative estimate of drug-likeness (QED) is 0.163.